The number of hydrogen-bond donors (Lipinski definition) is 1. The van der Waals surface area contributed by atoms with Gasteiger partial charge >= 0.3 is 0 Å². The zero-order valence-corrected chi connectivity index (χ0v) is 10.6. The minimum absolute atomic E-state index is 0.0397. The summed E-state index contributed by atoms with van der Waals surface area (Å²) in [6.45, 7) is 3.57. The second-order valence-electron chi connectivity index (χ2n) is 4.34. The lowest BCUT2D eigenvalue weighted by molar-refractivity contribution is 0.101. The van der Waals surface area contributed by atoms with Crippen LogP contribution in [-0.4, -0.2) is 10.9 Å². The maximum Gasteiger partial charge on any atom is 0.163 e. The van der Waals surface area contributed by atoms with Crippen molar-refractivity contribution in [3.05, 3.63) is 53.6 Å². The average Bonchev–Trinajstić information content (AvgIpc) is 2.39. The number of phenols is 1. The fraction of sp³-hybridized carbons (Fsp3) is 0.188. The number of benzene rings is 2. The Morgan fingerprint density at radius 3 is 2.50 bits per heavy atom. The van der Waals surface area contributed by atoms with Crippen LogP contribution in [0.25, 0.3) is 11.1 Å². The molecular weight excluding hydrogens is 224 g/mol. The Bertz CT molecular complexity index is 585. The van der Waals surface area contributed by atoms with Crippen LogP contribution in [0.2, 0.25) is 0 Å². The van der Waals surface area contributed by atoms with E-state index in [4.69, 9.17) is 0 Å². The Kier molecular flexibility index (Phi) is 3.47. The molecule has 18 heavy (non-hydrogen) atoms. The molecule has 0 atom stereocenters. The lowest BCUT2D eigenvalue weighted by Crippen LogP contribution is -1.93. The molecule has 0 heterocycles. The lowest BCUT2D eigenvalue weighted by Gasteiger charge is -2.07. The summed E-state index contributed by atoms with van der Waals surface area (Å²) in [5.74, 6) is -0.0844. The summed E-state index contributed by atoms with van der Waals surface area (Å²) in [5, 5.41) is 9.63. The Labute approximate surface area is 107 Å². The summed E-state index contributed by atoms with van der Waals surface area (Å²) in [6, 6.07) is 13.4. The van der Waals surface area contributed by atoms with E-state index >= 15 is 0 Å². The minimum Gasteiger partial charge on any atom is -0.507 e. The lowest BCUT2D eigenvalue weighted by atomic mass is 9.99. The van der Waals surface area contributed by atoms with Crippen molar-refractivity contribution in [2.24, 2.45) is 0 Å². The Morgan fingerprint density at radius 2 is 1.83 bits per heavy atom. The molecule has 2 aromatic carbocycles. The first-order valence-corrected chi connectivity index (χ1v) is 6.05. The van der Waals surface area contributed by atoms with Gasteiger partial charge in [0.25, 0.3) is 0 Å². The molecule has 0 aliphatic carbocycles. The van der Waals surface area contributed by atoms with Gasteiger partial charge in [0, 0.05) is 0 Å². The summed E-state index contributed by atoms with van der Waals surface area (Å²) in [7, 11) is 0. The van der Waals surface area contributed by atoms with Crippen molar-refractivity contribution in [1.82, 2.24) is 0 Å². The monoisotopic (exact) mass is 240 g/mol. The molecule has 92 valence electrons. The van der Waals surface area contributed by atoms with Gasteiger partial charge in [-0.1, -0.05) is 37.3 Å². The molecule has 2 aromatic rings. The highest BCUT2D eigenvalue weighted by Crippen LogP contribution is 2.26. The highest BCUT2D eigenvalue weighted by Gasteiger charge is 2.08. The number of aryl methyl sites for hydroxylation is 1. The average molecular weight is 240 g/mol. The Morgan fingerprint density at radius 1 is 1.11 bits per heavy atom. The number of carbonyl (C=O) groups excluding carboxylic acids is 1. The molecule has 0 spiro atoms. The van der Waals surface area contributed by atoms with Crippen LogP contribution in [0.1, 0.15) is 29.8 Å². The molecule has 0 aliphatic rings. The van der Waals surface area contributed by atoms with Crippen LogP contribution in [0.4, 0.5) is 0 Å². The molecule has 0 unspecified atom stereocenters. The van der Waals surface area contributed by atoms with Gasteiger partial charge in [0.1, 0.15) is 5.75 Å². The Balaban J connectivity index is 2.50. The van der Waals surface area contributed by atoms with E-state index in [2.05, 4.69) is 19.1 Å². The number of Topliss-reactive ketones (excluding diaryl/α,β-unsaturated/α-hetero) is 1. The van der Waals surface area contributed by atoms with Gasteiger partial charge in [-0.3, -0.25) is 4.79 Å². The molecule has 2 heteroatoms. The zero-order chi connectivity index (χ0) is 13.1. The number of rotatable bonds is 3. The van der Waals surface area contributed by atoms with Crippen LogP contribution in [0.5, 0.6) is 5.75 Å². The maximum atomic E-state index is 11.4. The van der Waals surface area contributed by atoms with Gasteiger partial charge < -0.3 is 5.11 Å². The summed E-state index contributed by atoms with van der Waals surface area (Å²) in [6.07, 6.45) is 0.978. The molecule has 0 amide bonds. The first kappa shape index (κ1) is 12.4. The maximum absolute atomic E-state index is 11.4. The molecule has 0 aliphatic heterocycles. The highest BCUT2D eigenvalue weighted by molar-refractivity contribution is 5.98. The number of aromatic hydroxyl groups is 1. The normalized spacial score (nSPS) is 10.3. The van der Waals surface area contributed by atoms with E-state index in [-0.39, 0.29) is 11.5 Å². The second kappa shape index (κ2) is 5.05. The van der Waals surface area contributed by atoms with E-state index in [1.165, 1.54) is 12.5 Å². The molecule has 0 fully saturated rings. The largest absolute Gasteiger partial charge is 0.507 e. The second-order valence-corrected chi connectivity index (χ2v) is 4.34. The summed E-state index contributed by atoms with van der Waals surface area (Å²) >= 11 is 0. The summed E-state index contributed by atoms with van der Waals surface area (Å²) in [5.41, 5.74) is 3.64. The van der Waals surface area contributed by atoms with Crippen LogP contribution in [-0.2, 0) is 6.42 Å². The third kappa shape index (κ3) is 2.43. The van der Waals surface area contributed by atoms with Crippen molar-refractivity contribution >= 4 is 5.78 Å². The van der Waals surface area contributed by atoms with Crippen molar-refractivity contribution in [3.8, 4) is 16.9 Å². The SMILES string of the molecule is CCc1cccc(-c2ccc(O)c(C(C)=O)c2)c1. The standard InChI is InChI=1S/C16H16O2/c1-3-12-5-4-6-13(9-12)14-7-8-16(18)15(10-14)11(2)17/h4-10,18H,3H2,1-2H3. The molecule has 1 N–H and O–H groups in total. The predicted molar refractivity (Wildman–Crippen MR) is 72.9 cm³/mol. The van der Waals surface area contributed by atoms with Gasteiger partial charge in [0.15, 0.2) is 5.78 Å². The molecule has 0 radical (unpaired) electrons. The van der Waals surface area contributed by atoms with E-state index < -0.39 is 0 Å². The smallest absolute Gasteiger partial charge is 0.163 e. The summed E-state index contributed by atoms with van der Waals surface area (Å²) < 4.78 is 0. The van der Waals surface area contributed by atoms with Crippen molar-refractivity contribution < 1.29 is 9.90 Å². The number of phenolic OH excluding ortho intramolecular Hbond substituents is 1. The van der Waals surface area contributed by atoms with Crippen LogP contribution >= 0.6 is 0 Å². The van der Waals surface area contributed by atoms with Gasteiger partial charge in [-0.2, -0.15) is 0 Å². The van der Waals surface area contributed by atoms with Crippen LogP contribution in [0, 0.1) is 0 Å². The first-order valence-electron chi connectivity index (χ1n) is 6.05. The van der Waals surface area contributed by atoms with Gasteiger partial charge in [-0.25, -0.2) is 0 Å². The van der Waals surface area contributed by atoms with Crippen LogP contribution < -0.4 is 0 Å². The number of carbonyl (C=O) groups is 1. The molecule has 0 aromatic heterocycles. The third-order valence-corrected chi connectivity index (χ3v) is 3.04. The Hall–Kier alpha value is -2.09. The fourth-order valence-electron chi connectivity index (χ4n) is 1.97. The minimum atomic E-state index is -0.124. The quantitative estimate of drug-likeness (QED) is 0.828. The fourth-order valence-corrected chi connectivity index (χ4v) is 1.97. The number of hydrogen-bond acceptors (Lipinski definition) is 2. The number of ketones is 1. The zero-order valence-electron chi connectivity index (χ0n) is 10.6. The van der Waals surface area contributed by atoms with Gasteiger partial charge in [-0.15, -0.1) is 0 Å². The molecular formula is C16H16O2. The molecule has 0 bridgehead atoms. The van der Waals surface area contributed by atoms with Crippen LogP contribution in [0.15, 0.2) is 42.5 Å². The topological polar surface area (TPSA) is 37.3 Å². The van der Waals surface area contributed by atoms with Crippen molar-refractivity contribution in [3.63, 3.8) is 0 Å². The third-order valence-electron chi connectivity index (χ3n) is 3.04. The van der Waals surface area contributed by atoms with E-state index in [0.717, 1.165) is 17.5 Å². The molecule has 2 nitrogen and oxygen atoms in total. The van der Waals surface area contributed by atoms with E-state index in [0.29, 0.717) is 5.56 Å². The van der Waals surface area contributed by atoms with Crippen molar-refractivity contribution in [1.29, 1.82) is 0 Å². The molecule has 2 rings (SSSR count). The van der Waals surface area contributed by atoms with E-state index in [1.807, 2.05) is 18.2 Å². The first-order chi connectivity index (χ1) is 8.61. The van der Waals surface area contributed by atoms with Crippen LogP contribution in [0.3, 0.4) is 0 Å². The van der Waals surface area contributed by atoms with Gasteiger partial charge in [-0.05, 0) is 42.2 Å². The van der Waals surface area contributed by atoms with E-state index in [1.54, 1.807) is 12.1 Å². The van der Waals surface area contributed by atoms with Crippen molar-refractivity contribution in [2.75, 3.05) is 0 Å². The van der Waals surface area contributed by atoms with Gasteiger partial charge in [0.2, 0.25) is 0 Å². The van der Waals surface area contributed by atoms with Gasteiger partial charge in [0.05, 0.1) is 5.56 Å². The molecule has 0 saturated heterocycles. The highest BCUT2D eigenvalue weighted by atomic mass is 16.3. The van der Waals surface area contributed by atoms with Crippen molar-refractivity contribution in [2.45, 2.75) is 20.3 Å². The summed E-state index contributed by atoms with van der Waals surface area (Å²) in [4.78, 5) is 11.4. The predicted octanol–water partition coefficient (Wildman–Crippen LogP) is 3.82. The van der Waals surface area contributed by atoms with E-state index in [9.17, 15) is 9.90 Å². The molecule has 0 saturated carbocycles.